The molecule has 1 heterocycles. The molecule has 3 nitrogen and oxygen atoms in total. The smallest absolute Gasteiger partial charge is 0.115 e. The Kier molecular flexibility index (Phi) is 5.39. The predicted molar refractivity (Wildman–Crippen MR) is 125 cm³/mol. The normalized spacial score (nSPS) is 16.8. The molecule has 0 unspecified atom stereocenters. The summed E-state index contributed by atoms with van der Waals surface area (Å²) >= 11 is 0. The van der Waals surface area contributed by atoms with Crippen molar-refractivity contribution in [2.75, 3.05) is 26.8 Å². The van der Waals surface area contributed by atoms with E-state index in [-0.39, 0.29) is 5.54 Å². The van der Waals surface area contributed by atoms with Gasteiger partial charge in [-0.15, -0.1) is 0 Å². The molecule has 0 spiro atoms. The third kappa shape index (κ3) is 3.69. The molecule has 0 bridgehead atoms. The lowest BCUT2D eigenvalue weighted by atomic mass is 9.86. The molecule has 3 aromatic carbocycles. The minimum absolute atomic E-state index is 0.106. The average molecular weight is 412 g/mol. The van der Waals surface area contributed by atoms with Crippen LogP contribution in [0.4, 0.5) is 0 Å². The van der Waals surface area contributed by atoms with Crippen LogP contribution in [0.25, 0.3) is 5.57 Å². The van der Waals surface area contributed by atoms with E-state index in [4.69, 9.17) is 4.74 Å². The van der Waals surface area contributed by atoms with Crippen molar-refractivity contribution in [2.24, 2.45) is 0 Å². The molecular formula is C28H29NO2. The van der Waals surface area contributed by atoms with Crippen LogP contribution in [0.5, 0.6) is 5.75 Å². The largest absolute Gasteiger partial charge is 0.508 e. The van der Waals surface area contributed by atoms with Gasteiger partial charge in [0.25, 0.3) is 0 Å². The molecule has 3 aromatic rings. The highest BCUT2D eigenvalue weighted by atomic mass is 16.5. The topological polar surface area (TPSA) is 32.7 Å². The van der Waals surface area contributed by atoms with Crippen LogP contribution in [-0.4, -0.2) is 36.8 Å². The van der Waals surface area contributed by atoms with Crippen molar-refractivity contribution in [2.45, 2.75) is 24.8 Å². The van der Waals surface area contributed by atoms with Gasteiger partial charge in [-0.1, -0.05) is 66.7 Å². The van der Waals surface area contributed by atoms with E-state index in [2.05, 4.69) is 66.6 Å². The zero-order valence-corrected chi connectivity index (χ0v) is 18.1. The first-order valence-electron chi connectivity index (χ1n) is 11.1. The number of hydrogen-bond donors (Lipinski definition) is 1. The number of nitrogens with zero attached hydrogens (tertiary/aromatic N) is 1. The predicted octanol–water partition coefficient (Wildman–Crippen LogP) is 5.17. The first kappa shape index (κ1) is 20.0. The number of hydrogen-bond acceptors (Lipinski definition) is 3. The fraction of sp³-hybridized carbons (Fsp3) is 0.286. The molecule has 1 aliphatic carbocycles. The monoisotopic (exact) mass is 411 g/mol. The number of phenolic OH excluding ortho intramolecular Hbond substituents is 1. The third-order valence-electron chi connectivity index (χ3n) is 6.91. The molecule has 0 radical (unpaired) electrons. The van der Waals surface area contributed by atoms with Gasteiger partial charge in [0.2, 0.25) is 0 Å². The average Bonchev–Trinajstić information content (AvgIpc) is 2.92. The highest BCUT2D eigenvalue weighted by Crippen LogP contribution is 2.37. The lowest BCUT2D eigenvalue weighted by molar-refractivity contribution is -0.137. The SMILES string of the molecule is CN(CCC=C1c2ccccc2CCc2ccccc21)C1(c2ccc(O)cc2)COC1. The maximum atomic E-state index is 9.67. The number of aromatic hydroxyl groups is 1. The van der Waals surface area contributed by atoms with Crippen LogP contribution >= 0.6 is 0 Å². The fourth-order valence-corrected chi connectivity index (χ4v) is 4.93. The summed E-state index contributed by atoms with van der Waals surface area (Å²) < 4.78 is 5.63. The Morgan fingerprint density at radius 1 is 0.871 bits per heavy atom. The molecule has 158 valence electrons. The summed E-state index contributed by atoms with van der Waals surface area (Å²) in [6, 6.07) is 25.3. The van der Waals surface area contributed by atoms with Crippen LogP contribution in [0, 0.1) is 0 Å². The van der Waals surface area contributed by atoms with Gasteiger partial charge in [0.1, 0.15) is 5.75 Å². The van der Waals surface area contributed by atoms with Gasteiger partial charge in [-0.3, -0.25) is 4.90 Å². The van der Waals surface area contributed by atoms with Gasteiger partial charge < -0.3 is 9.84 Å². The zero-order chi connectivity index (χ0) is 21.3. The van der Waals surface area contributed by atoms with Crippen molar-refractivity contribution in [3.8, 4) is 5.75 Å². The Morgan fingerprint density at radius 2 is 1.45 bits per heavy atom. The van der Waals surface area contributed by atoms with Crippen LogP contribution < -0.4 is 0 Å². The molecule has 0 aromatic heterocycles. The summed E-state index contributed by atoms with van der Waals surface area (Å²) in [4.78, 5) is 2.41. The molecule has 1 aliphatic heterocycles. The Balaban J connectivity index is 1.41. The number of fused-ring (bicyclic) bond motifs is 2. The molecule has 1 saturated heterocycles. The van der Waals surface area contributed by atoms with Crippen molar-refractivity contribution in [1.29, 1.82) is 0 Å². The zero-order valence-electron chi connectivity index (χ0n) is 18.1. The summed E-state index contributed by atoms with van der Waals surface area (Å²) in [5.41, 5.74) is 8.08. The Bertz CT molecular complexity index is 1050. The van der Waals surface area contributed by atoms with Gasteiger partial charge >= 0.3 is 0 Å². The maximum absolute atomic E-state index is 9.67. The van der Waals surface area contributed by atoms with Crippen LogP contribution in [0.15, 0.2) is 78.9 Å². The Morgan fingerprint density at radius 3 is 2.00 bits per heavy atom. The highest BCUT2D eigenvalue weighted by molar-refractivity contribution is 5.83. The van der Waals surface area contributed by atoms with E-state index in [1.54, 1.807) is 12.1 Å². The highest BCUT2D eigenvalue weighted by Gasteiger charge is 2.43. The molecule has 0 atom stereocenters. The second-order valence-corrected chi connectivity index (χ2v) is 8.71. The summed E-state index contributed by atoms with van der Waals surface area (Å²) in [6.45, 7) is 2.32. The van der Waals surface area contributed by atoms with E-state index >= 15 is 0 Å². The lowest BCUT2D eigenvalue weighted by Crippen LogP contribution is -2.58. The molecular weight excluding hydrogens is 382 g/mol. The van der Waals surface area contributed by atoms with E-state index in [0.717, 1.165) is 25.8 Å². The second-order valence-electron chi connectivity index (χ2n) is 8.71. The molecule has 2 aliphatic rings. The molecule has 5 rings (SSSR count). The second kappa shape index (κ2) is 8.33. The number of ether oxygens (including phenoxy) is 1. The van der Waals surface area contributed by atoms with E-state index in [1.807, 2.05) is 12.1 Å². The van der Waals surface area contributed by atoms with Crippen molar-refractivity contribution < 1.29 is 9.84 Å². The van der Waals surface area contributed by atoms with Crippen LogP contribution in [0.3, 0.4) is 0 Å². The maximum Gasteiger partial charge on any atom is 0.115 e. The summed E-state index contributed by atoms with van der Waals surface area (Å²) in [5.74, 6) is 0.303. The van der Waals surface area contributed by atoms with Crippen molar-refractivity contribution in [1.82, 2.24) is 4.90 Å². The van der Waals surface area contributed by atoms with E-state index < -0.39 is 0 Å². The van der Waals surface area contributed by atoms with Crippen molar-refractivity contribution in [3.05, 3.63) is 107 Å². The van der Waals surface area contributed by atoms with Gasteiger partial charge in [0, 0.05) is 6.54 Å². The Labute approximate surface area is 184 Å². The first-order chi connectivity index (χ1) is 15.2. The molecule has 31 heavy (non-hydrogen) atoms. The van der Waals surface area contributed by atoms with Crippen LogP contribution in [0.2, 0.25) is 0 Å². The summed E-state index contributed by atoms with van der Waals surface area (Å²) in [6.07, 6.45) is 5.56. The minimum Gasteiger partial charge on any atom is -0.508 e. The number of likely N-dealkylation sites (N-methyl/N-ethyl adjacent to an activating group) is 1. The van der Waals surface area contributed by atoms with E-state index in [0.29, 0.717) is 19.0 Å². The van der Waals surface area contributed by atoms with Crippen molar-refractivity contribution >= 4 is 5.57 Å². The van der Waals surface area contributed by atoms with Gasteiger partial charge in [-0.05, 0) is 71.8 Å². The minimum atomic E-state index is -0.106. The first-order valence-corrected chi connectivity index (χ1v) is 11.1. The molecule has 0 saturated carbocycles. The fourth-order valence-electron chi connectivity index (χ4n) is 4.93. The Hall–Kier alpha value is -2.88. The lowest BCUT2D eigenvalue weighted by Gasteiger charge is -2.48. The van der Waals surface area contributed by atoms with Crippen LogP contribution in [-0.2, 0) is 23.1 Å². The molecule has 1 N–H and O–H groups in total. The van der Waals surface area contributed by atoms with E-state index in [1.165, 1.54) is 33.4 Å². The van der Waals surface area contributed by atoms with Gasteiger partial charge in [0.05, 0.1) is 18.8 Å². The van der Waals surface area contributed by atoms with Gasteiger partial charge in [0.15, 0.2) is 0 Å². The van der Waals surface area contributed by atoms with E-state index in [9.17, 15) is 5.11 Å². The van der Waals surface area contributed by atoms with Gasteiger partial charge in [-0.2, -0.15) is 0 Å². The standard InChI is InChI=1S/C28H29NO2/c1-29(28(19-31-20-28)23-14-16-24(30)17-15-23)18-6-11-27-25-9-4-2-7-21(25)12-13-22-8-3-5-10-26(22)27/h2-5,7-11,14-17,30H,6,12-13,18-20H2,1H3. The van der Waals surface area contributed by atoms with Crippen LogP contribution in [0.1, 0.15) is 34.2 Å². The van der Waals surface area contributed by atoms with Gasteiger partial charge in [-0.25, -0.2) is 0 Å². The molecule has 3 heteroatoms. The summed E-state index contributed by atoms with van der Waals surface area (Å²) in [7, 11) is 2.18. The quantitative estimate of drug-likeness (QED) is 0.629. The molecule has 1 fully saturated rings. The molecule has 0 amide bonds. The number of benzene rings is 3. The number of aryl methyl sites for hydroxylation is 2. The third-order valence-corrected chi connectivity index (χ3v) is 6.91. The summed E-state index contributed by atoms with van der Waals surface area (Å²) in [5, 5.41) is 9.67. The number of rotatable bonds is 5. The van der Waals surface area contributed by atoms with Crippen molar-refractivity contribution in [3.63, 3.8) is 0 Å². The number of phenols is 1.